The number of rotatable bonds is 3. The van der Waals surface area contributed by atoms with Crippen LogP contribution < -0.4 is 0 Å². The Bertz CT molecular complexity index is 612. The fourth-order valence-electron chi connectivity index (χ4n) is 3.59. The molecule has 1 aromatic carbocycles. The van der Waals surface area contributed by atoms with Crippen LogP contribution in [0.3, 0.4) is 0 Å². The molecule has 0 N–H and O–H groups in total. The number of aromatic nitrogens is 2. The highest BCUT2D eigenvalue weighted by molar-refractivity contribution is 6.22. The predicted octanol–water partition coefficient (Wildman–Crippen LogP) is 4.71. The van der Waals surface area contributed by atoms with Crippen molar-refractivity contribution >= 4 is 22.6 Å². The van der Waals surface area contributed by atoms with Crippen LogP contribution >= 0.6 is 11.6 Å². The largest absolute Gasteiger partial charge is 0.327 e. The highest BCUT2D eigenvalue weighted by atomic mass is 35.5. The molecule has 0 amide bonds. The van der Waals surface area contributed by atoms with Crippen LogP contribution in [0.5, 0.6) is 0 Å². The van der Waals surface area contributed by atoms with Crippen molar-refractivity contribution in [2.24, 2.45) is 5.92 Å². The van der Waals surface area contributed by atoms with Gasteiger partial charge in [0.05, 0.1) is 11.0 Å². The molecule has 2 aliphatic carbocycles. The molecule has 2 aliphatic rings. The van der Waals surface area contributed by atoms with E-state index in [1.807, 2.05) is 0 Å². The highest BCUT2D eigenvalue weighted by Gasteiger charge is 2.36. The van der Waals surface area contributed by atoms with Gasteiger partial charge >= 0.3 is 0 Å². The number of para-hydroxylation sites is 2. The van der Waals surface area contributed by atoms with E-state index in [0.29, 0.717) is 17.2 Å². The molecule has 0 aliphatic heterocycles. The maximum absolute atomic E-state index is 6.22. The Labute approximate surface area is 125 Å². The van der Waals surface area contributed by atoms with Crippen molar-refractivity contribution in [2.45, 2.75) is 56.4 Å². The normalized spacial score (nSPS) is 27.1. The number of alkyl halides is 1. The minimum Gasteiger partial charge on any atom is -0.327 e. The quantitative estimate of drug-likeness (QED) is 0.748. The zero-order valence-corrected chi connectivity index (χ0v) is 12.5. The standard InChI is InChI=1S/C17H21ClN2/c18-14-10-13(14)11-20-16-9-5-4-8-15(16)19-17(20)12-6-2-1-3-7-12/h4-5,8-9,12-14H,1-3,6-7,10-11H2. The molecule has 106 valence electrons. The first-order valence-electron chi connectivity index (χ1n) is 7.92. The van der Waals surface area contributed by atoms with Crippen molar-refractivity contribution in [3.05, 3.63) is 30.1 Å². The van der Waals surface area contributed by atoms with Gasteiger partial charge in [-0.25, -0.2) is 4.98 Å². The monoisotopic (exact) mass is 288 g/mol. The van der Waals surface area contributed by atoms with Crippen molar-refractivity contribution < 1.29 is 0 Å². The highest BCUT2D eigenvalue weighted by Crippen LogP contribution is 2.40. The molecule has 4 rings (SSSR count). The lowest BCUT2D eigenvalue weighted by molar-refractivity contribution is 0.414. The first-order chi connectivity index (χ1) is 9.83. The molecule has 0 saturated heterocycles. The van der Waals surface area contributed by atoms with Crippen LogP contribution in [0.4, 0.5) is 0 Å². The second-order valence-electron chi connectivity index (χ2n) is 6.42. The Morgan fingerprint density at radius 2 is 1.90 bits per heavy atom. The van der Waals surface area contributed by atoms with Gasteiger partial charge in [-0.3, -0.25) is 0 Å². The van der Waals surface area contributed by atoms with Gasteiger partial charge in [-0.1, -0.05) is 31.4 Å². The molecule has 1 heterocycles. The summed E-state index contributed by atoms with van der Waals surface area (Å²) >= 11 is 6.22. The van der Waals surface area contributed by atoms with Gasteiger partial charge in [-0.15, -0.1) is 11.6 Å². The lowest BCUT2D eigenvalue weighted by Crippen LogP contribution is -2.13. The topological polar surface area (TPSA) is 17.8 Å². The summed E-state index contributed by atoms with van der Waals surface area (Å²) in [6.07, 6.45) is 7.88. The fourth-order valence-corrected chi connectivity index (χ4v) is 3.90. The van der Waals surface area contributed by atoms with Crippen LogP contribution in [-0.4, -0.2) is 14.9 Å². The lowest BCUT2D eigenvalue weighted by Gasteiger charge is -2.22. The molecule has 0 spiro atoms. The summed E-state index contributed by atoms with van der Waals surface area (Å²) in [4.78, 5) is 4.96. The molecule has 2 fully saturated rings. The molecule has 2 atom stereocenters. The van der Waals surface area contributed by atoms with E-state index in [2.05, 4.69) is 28.8 Å². The van der Waals surface area contributed by atoms with Crippen molar-refractivity contribution in [1.29, 1.82) is 0 Å². The Balaban J connectivity index is 1.74. The molecule has 2 unspecified atom stereocenters. The SMILES string of the molecule is ClC1CC1Cn1c(C2CCCCC2)nc2ccccc21. The number of benzene rings is 1. The number of hydrogen-bond acceptors (Lipinski definition) is 1. The van der Waals surface area contributed by atoms with Crippen molar-refractivity contribution in [3.63, 3.8) is 0 Å². The van der Waals surface area contributed by atoms with E-state index < -0.39 is 0 Å². The van der Waals surface area contributed by atoms with Crippen molar-refractivity contribution in [1.82, 2.24) is 9.55 Å². The maximum atomic E-state index is 6.22. The first-order valence-corrected chi connectivity index (χ1v) is 8.36. The predicted molar refractivity (Wildman–Crippen MR) is 83.3 cm³/mol. The van der Waals surface area contributed by atoms with E-state index in [1.54, 1.807) is 0 Å². The molecule has 20 heavy (non-hydrogen) atoms. The Morgan fingerprint density at radius 1 is 1.15 bits per heavy atom. The van der Waals surface area contributed by atoms with E-state index in [4.69, 9.17) is 16.6 Å². The molecule has 3 heteroatoms. The molecule has 1 aromatic heterocycles. The van der Waals surface area contributed by atoms with Gasteiger partial charge in [0.1, 0.15) is 5.82 Å². The summed E-state index contributed by atoms with van der Waals surface area (Å²) in [6.45, 7) is 1.06. The van der Waals surface area contributed by atoms with E-state index in [0.717, 1.165) is 18.5 Å². The van der Waals surface area contributed by atoms with Gasteiger partial charge in [-0.2, -0.15) is 0 Å². The van der Waals surface area contributed by atoms with Crippen LogP contribution in [0.1, 0.15) is 50.3 Å². The van der Waals surface area contributed by atoms with E-state index in [1.165, 1.54) is 43.4 Å². The third-order valence-electron chi connectivity index (χ3n) is 4.91. The maximum Gasteiger partial charge on any atom is 0.112 e. The number of nitrogens with zero attached hydrogens (tertiary/aromatic N) is 2. The molecule has 0 radical (unpaired) electrons. The Kier molecular flexibility index (Phi) is 3.22. The zero-order valence-electron chi connectivity index (χ0n) is 11.8. The second-order valence-corrected chi connectivity index (χ2v) is 6.98. The van der Waals surface area contributed by atoms with Gasteiger partial charge in [0, 0.05) is 17.8 Å². The average molecular weight is 289 g/mol. The summed E-state index contributed by atoms with van der Waals surface area (Å²) in [5.41, 5.74) is 2.45. The van der Waals surface area contributed by atoms with Gasteiger partial charge in [0.25, 0.3) is 0 Å². The molecular formula is C17H21ClN2. The summed E-state index contributed by atoms with van der Waals surface area (Å²) < 4.78 is 2.47. The van der Waals surface area contributed by atoms with Crippen LogP contribution in [0, 0.1) is 5.92 Å². The first kappa shape index (κ1) is 12.7. The van der Waals surface area contributed by atoms with Gasteiger partial charge in [0.2, 0.25) is 0 Å². The van der Waals surface area contributed by atoms with Gasteiger partial charge < -0.3 is 4.57 Å². The molecule has 2 nitrogen and oxygen atoms in total. The molecule has 2 aromatic rings. The Morgan fingerprint density at radius 3 is 2.65 bits per heavy atom. The van der Waals surface area contributed by atoms with E-state index in [9.17, 15) is 0 Å². The smallest absolute Gasteiger partial charge is 0.112 e. The van der Waals surface area contributed by atoms with Crippen molar-refractivity contribution in [2.75, 3.05) is 0 Å². The van der Waals surface area contributed by atoms with Crippen LogP contribution in [0.2, 0.25) is 0 Å². The summed E-state index contributed by atoms with van der Waals surface area (Å²) in [5.74, 6) is 2.63. The van der Waals surface area contributed by atoms with E-state index >= 15 is 0 Å². The molecular weight excluding hydrogens is 268 g/mol. The van der Waals surface area contributed by atoms with Crippen LogP contribution in [0.25, 0.3) is 11.0 Å². The number of halogens is 1. The van der Waals surface area contributed by atoms with Crippen LogP contribution in [0.15, 0.2) is 24.3 Å². The molecule has 0 bridgehead atoms. The van der Waals surface area contributed by atoms with Crippen LogP contribution in [-0.2, 0) is 6.54 Å². The fraction of sp³-hybridized carbons (Fsp3) is 0.588. The molecule has 2 saturated carbocycles. The van der Waals surface area contributed by atoms with E-state index in [-0.39, 0.29) is 0 Å². The third-order valence-corrected chi connectivity index (χ3v) is 5.44. The summed E-state index contributed by atoms with van der Waals surface area (Å²) in [7, 11) is 0. The number of fused-ring (bicyclic) bond motifs is 1. The lowest BCUT2D eigenvalue weighted by atomic mass is 9.88. The Hall–Kier alpha value is -1.02. The van der Waals surface area contributed by atoms with Crippen molar-refractivity contribution in [3.8, 4) is 0 Å². The zero-order chi connectivity index (χ0) is 13.5. The summed E-state index contributed by atoms with van der Waals surface area (Å²) in [6, 6.07) is 8.56. The minimum absolute atomic E-state index is 0.385. The summed E-state index contributed by atoms with van der Waals surface area (Å²) in [5, 5.41) is 0.385. The van der Waals surface area contributed by atoms with Gasteiger partial charge in [0.15, 0.2) is 0 Å². The minimum atomic E-state index is 0.385. The number of imidazole rings is 1. The second kappa shape index (κ2) is 5.07. The average Bonchev–Trinajstić information content (AvgIpc) is 3.06. The third kappa shape index (κ3) is 2.24. The number of hydrogen-bond donors (Lipinski definition) is 0. The van der Waals surface area contributed by atoms with Gasteiger partial charge in [-0.05, 0) is 37.3 Å².